The molecule has 0 N–H and O–H groups in total. The SMILES string of the molecule is CC1CCN(CC2CCN(S(=O)(=O)c3ccc(C4CCCCC4)cc3)CC2)CC1. The third-order valence-corrected chi connectivity index (χ3v) is 9.47. The van der Waals surface area contributed by atoms with Crippen molar-refractivity contribution < 1.29 is 8.42 Å². The minimum absolute atomic E-state index is 0.473. The van der Waals surface area contributed by atoms with Gasteiger partial charge in [0.25, 0.3) is 0 Å². The van der Waals surface area contributed by atoms with Crippen molar-refractivity contribution in [2.45, 2.75) is 75.5 Å². The summed E-state index contributed by atoms with van der Waals surface area (Å²) in [4.78, 5) is 3.07. The van der Waals surface area contributed by atoms with E-state index in [4.69, 9.17) is 0 Å². The van der Waals surface area contributed by atoms with Gasteiger partial charge in [0.2, 0.25) is 10.0 Å². The summed E-state index contributed by atoms with van der Waals surface area (Å²) < 4.78 is 28.0. The average molecular weight is 419 g/mol. The van der Waals surface area contributed by atoms with Gasteiger partial charge in [0.05, 0.1) is 4.90 Å². The Morgan fingerprint density at radius 1 is 0.828 bits per heavy atom. The van der Waals surface area contributed by atoms with Crippen LogP contribution in [0.5, 0.6) is 0 Å². The lowest BCUT2D eigenvalue weighted by Gasteiger charge is -2.36. The zero-order valence-corrected chi connectivity index (χ0v) is 18.9. The standard InChI is InChI=1S/C24H38N2O2S/c1-20-11-15-25(16-12-20)19-21-13-17-26(18-14-21)29(27,28)24-9-7-23(8-10-24)22-5-3-2-4-6-22/h7-10,20-22H,2-6,11-19H2,1H3. The summed E-state index contributed by atoms with van der Waals surface area (Å²) in [6.45, 7) is 7.27. The van der Waals surface area contributed by atoms with E-state index in [1.54, 1.807) is 4.31 Å². The van der Waals surface area contributed by atoms with E-state index in [-0.39, 0.29) is 0 Å². The van der Waals surface area contributed by atoms with Crippen LogP contribution in [-0.2, 0) is 10.0 Å². The molecule has 3 aliphatic rings. The molecular formula is C24H38N2O2S. The quantitative estimate of drug-likeness (QED) is 0.685. The van der Waals surface area contributed by atoms with Crippen LogP contribution >= 0.6 is 0 Å². The van der Waals surface area contributed by atoms with Crippen LogP contribution in [0.4, 0.5) is 0 Å². The van der Waals surface area contributed by atoms with E-state index >= 15 is 0 Å². The molecule has 0 aromatic heterocycles. The Balaban J connectivity index is 1.31. The first kappa shape index (κ1) is 21.3. The van der Waals surface area contributed by atoms with Gasteiger partial charge < -0.3 is 4.90 Å². The number of hydrogen-bond acceptors (Lipinski definition) is 3. The molecule has 1 aromatic rings. The van der Waals surface area contributed by atoms with Crippen LogP contribution < -0.4 is 0 Å². The topological polar surface area (TPSA) is 40.6 Å². The summed E-state index contributed by atoms with van der Waals surface area (Å²) in [6, 6.07) is 7.82. The van der Waals surface area contributed by atoms with E-state index in [9.17, 15) is 8.42 Å². The zero-order valence-electron chi connectivity index (χ0n) is 18.1. The predicted molar refractivity (Wildman–Crippen MR) is 119 cm³/mol. The van der Waals surface area contributed by atoms with Crippen LogP contribution in [0.3, 0.4) is 0 Å². The minimum Gasteiger partial charge on any atom is -0.303 e. The van der Waals surface area contributed by atoms with Gasteiger partial charge in [-0.25, -0.2) is 8.42 Å². The van der Waals surface area contributed by atoms with Gasteiger partial charge in [0.15, 0.2) is 0 Å². The predicted octanol–water partition coefficient (Wildman–Crippen LogP) is 4.87. The molecule has 0 unspecified atom stereocenters. The highest BCUT2D eigenvalue weighted by Gasteiger charge is 2.30. The molecule has 0 bridgehead atoms. The van der Waals surface area contributed by atoms with Crippen molar-refractivity contribution in [3.63, 3.8) is 0 Å². The van der Waals surface area contributed by atoms with Gasteiger partial charge in [-0.2, -0.15) is 4.31 Å². The molecule has 2 saturated heterocycles. The van der Waals surface area contributed by atoms with Crippen LogP contribution in [-0.4, -0.2) is 50.3 Å². The van der Waals surface area contributed by atoms with Crippen LogP contribution in [0.1, 0.15) is 76.2 Å². The molecule has 162 valence electrons. The van der Waals surface area contributed by atoms with Crippen molar-refractivity contribution >= 4 is 10.0 Å². The Bertz CT molecular complexity index is 740. The van der Waals surface area contributed by atoms with E-state index in [2.05, 4.69) is 24.0 Å². The molecule has 0 amide bonds. The van der Waals surface area contributed by atoms with Crippen LogP contribution in [0, 0.1) is 11.8 Å². The monoisotopic (exact) mass is 418 g/mol. The van der Waals surface area contributed by atoms with E-state index in [0.29, 0.717) is 29.8 Å². The molecule has 0 radical (unpaired) electrons. The lowest BCUT2D eigenvalue weighted by Crippen LogP contribution is -2.43. The smallest absolute Gasteiger partial charge is 0.243 e. The number of rotatable bonds is 5. The van der Waals surface area contributed by atoms with E-state index < -0.39 is 10.0 Å². The van der Waals surface area contributed by atoms with Crippen molar-refractivity contribution in [3.05, 3.63) is 29.8 Å². The highest BCUT2D eigenvalue weighted by Crippen LogP contribution is 2.33. The molecule has 2 heterocycles. The fourth-order valence-electron chi connectivity index (χ4n) is 5.44. The molecule has 5 heteroatoms. The third-order valence-electron chi connectivity index (χ3n) is 7.56. The molecule has 29 heavy (non-hydrogen) atoms. The van der Waals surface area contributed by atoms with Gasteiger partial charge >= 0.3 is 0 Å². The summed E-state index contributed by atoms with van der Waals surface area (Å²) in [7, 11) is -3.35. The van der Waals surface area contributed by atoms with Gasteiger partial charge in [-0.15, -0.1) is 0 Å². The molecule has 0 atom stereocenters. The van der Waals surface area contributed by atoms with Crippen LogP contribution in [0.15, 0.2) is 29.2 Å². The van der Waals surface area contributed by atoms with E-state index in [1.807, 2.05) is 12.1 Å². The number of likely N-dealkylation sites (tertiary alicyclic amines) is 1. The van der Waals surface area contributed by atoms with Gasteiger partial charge in [-0.3, -0.25) is 0 Å². The summed E-state index contributed by atoms with van der Waals surface area (Å²) in [5.74, 6) is 2.13. The summed E-state index contributed by atoms with van der Waals surface area (Å²) in [5.41, 5.74) is 1.32. The molecule has 0 spiro atoms. The maximum atomic E-state index is 13.1. The molecular weight excluding hydrogens is 380 g/mol. The number of hydrogen-bond donors (Lipinski definition) is 0. The second-order valence-corrected chi connectivity index (χ2v) is 11.7. The zero-order chi connectivity index (χ0) is 20.3. The third kappa shape index (κ3) is 5.23. The Kier molecular flexibility index (Phi) is 6.98. The normalized spacial score (nSPS) is 24.7. The van der Waals surface area contributed by atoms with Gasteiger partial charge in [-0.05, 0) is 87.1 Å². The van der Waals surface area contributed by atoms with Crippen molar-refractivity contribution in [1.29, 1.82) is 0 Å². The van der Waals surface area contributed by atoms with E-state index in [1.165, 1.54) is 63.6 Å². The number of sulfonamides is 1. The largest absolute Gasteiger partial charge is 0.303 e. The molecule has 4 rings (SSSR count). The highest BCUT2D eigenvalue weighted by molar-refractivity contribution is 7.89. The van der Waals surface area contributed by atoms with Crippen molar-refractivity contribution in [1.82, 2.24) is 9.21 Å². The molecule has 3 fully saturated rings. The van der Waals surface area contributed by atoms with Crippen molar-refractivity contribution in [2.75, 3.05) is 32.7 Å². The first-order chi connectivity index (χ1) is 14.0. The first-order valence-corrected chi connectivity index (χ1v) is 13.3. The Hall–Kier alpha value is -0.910. The summed E-state index contributed by atoms with van der Waals surface area (Å²) in [6.07, 6.45) is 11.0. The van der Waals surface area contributed by atoms with Crippen molar-refractivity contribution in [3.8, 4) is 0 Å². The Labute approximate surface area is 177 Å². The van der Waals surface area contributed by atoms with Crippen LogP contribution in [0.25, 0.3) is 0 Å². The Morgan fingerprint density at radius 2 is 1.45 bits per heavy atom. The first-order valence-electron chi connectivity index (χ1n) is 11.8. The Morgan fingerprint density at radius 3 is 2.07 bits per heavy atom. The molecule has 1 aromatic carbocycles. The number of benzene rings is 1. The molecule has 2 aliphatic heterocycles. The fourth-order valence-corrected chi connectivity index (χ4v) is 6.91. The highest BCUT2D eigenvalue weighted by atomic mass is 32.2. The summed E-state index contributed by atoms with van der Waals surface area (Å²) in [5, 5.41) is 0. The van der Waals surface area contributed by atoms with Crippen LogP contribution in [0.2, 0.25) is 0 Å². The molecule has 1 aliphatic carbocycles. The second kappa shape index (κ2) is 9.49. The molecule has 4 nitrogen and oxygen atoms in total. The maximum Gasteiger partial charge on any atom is 0.243 e. The average Bonchev–Trinajstić information content (AvgIpc) is 2.76. The maximum absolute atomic E-state index is 13.1. The van der Waals surface area contributed by atoms with Gasteiger partial charge in [0, 0.05) is 19.6 Å². The van der Waals surface area contributed by atoms with E-state index in [0.717, 1.165) is 25.3 Å². The minimum atomic E-state index is -3.35. The number of piperidine rings is 2. The fraction of sp³-hybridized carbons (Fsp3) is 0.750. The lowest BCUT2D eigenvalue weighted by molar-refractivity contribution is 0.142. The van der Waals surface area contributed by atoms with Crippen molar-refractivity contribution in [2.24, 2.45) is 11.8 Å². The number of nitrogens with zero attached hydrogens (tertiary/aromatic N) is 2. The molecule has 1 saturated carbocycles. The van der Waals surface area contributed by atoms with Gasteiger partial charge in [0.1, 0.15) is 0 Å². The second-order valence-electron chi connectivity index (χ2n) is 9.73. The summed E-state index contributed by atoms with van der Waals surface area (Å²) >= 11 is 0. The lowest BCUT2D eigenvalue weighted by atomic mass is 9.84. The van der Waals surface area contributed by atoms with Gasteiger partial charge in [-0.1, -0.05) is 38.3 Å².